The molecular weight excluding hydrogens is 196 g/mol. The van der Waals surface area contributed by atoms with Crippen LogP contribution < -0.4 is 0 Å². The standard InChI is InChI=1S/C10H14N2O3/c1-4-14-10(13)5-7(2)11-9-6-8(3)15-12-9/h6H,4-5H2,1-3H3. The Bertz CT molecular complexity index is 368. The first kappa shape index (κ1) is 11.4. The fourth-order valence-corrected chi connectivity index (χ4v) is 1.06. The number of hydrogen-bond acceptors (Lipinski definition) is 5. The van der Waals surface area contributed by atoms with Crippen LogP contribution in [0.3, 0.4) is 0 Å². The molecule has 0 aliphatic carbocycles. The number of rotatable bonds is 4. The van der Waals surface area contributed by atoms with Crippen molar-refractivity contribution >= 4 is 17.5 Å². The molecule has 1 aromatic rings. The van der Waals surface area contributed by atoms with Crippen molar-refractivity contribution in [1.29, 1.82) is 0 Å². The van der Waals surface area contributed by atoms with E-state index in [0.29, 0.717) is 23.9 Å². The van der Waals surface area contributed by atoms with Gasteiger partial charge in [0.15, 0.2) is 5.82 Å². The summed E-state index contributed by atoms with van der Waals surface area (Å²) in [7, 11) is 0. The van der Waals surface area contributed by atoms with Gasteiger partial charge in [-0.3, -0.25) is 4.79 Å². The predicted molar refractivity (Wildman–Crippen MR) is 55.3 cm³/mol. The fraction of sp³-hybridized carbons (Fsp3) is 0.500. The lowest BCUT2D eigenvalue weighted by molar-refractivity contribution is -0.141. The van der Waals surface area contributed by atoms with Gasteiger partial charge in [-0.2, -0.15) is 0 Å². The SMILES string of the molecule is CCOC(=O)CC(C)=Nc1cc(C)on1. The highest BCUT2D eigenvalue weighted by molar-refractivity contribution is 5.98. The molecule has 5 heteroatoms. The molecule has 0 unspecified atom stereocenters. The van der Waals surface area contributed by atoms with E-state index < -0.39 is 0 Å². The van der Waals surface area contributed by atoms with Crippen LogP contribution in [-0.2, 0) is 9.53 Å². The number of aryl methyl sites for hydroxylation is 1. The second-order valence-corrected chi connectivity index (χ2v) is 3.12. The van der Waals surface area contributed by atoms with E-state index >= 15 is 0 Å². The Hall–Kier alpha value is -1.65. The third-order valence-electron chi connectivity index (χ3n) is 1.63. The maximum Gasteiger partial charge on any atom is 0.311 e. The Morgan fingerprint density at radius 2 is 2.40 bits per heavy atom. The first-order valence-corrected chi connectivity index (χ1v) is 4.75. The van der Waals surface area contributed by atoms with Crippen LogP contribution in [0.4, 0.5) is 5.82 Å². The van der Waals surface area contributed by atoms with Crippen LogP contribution in [0.1, 0.15) is 26.0 Å². The molecule has 1 rings (SSSR count). The lowest BCUT2D eigenvalue weighted by atomic mass is 10.3. The van der Waals surface area contributed by atoms with Crippen molar-refractivity contribution in [2.45, 2.75) is 27.2 Å². The van der Waals surface area contributed by atoms with Crippen molar-refractivity contribution in [3.05, 3.63) is 11.8 Å². The molecule has 5 nitrogen and oxygen atoms in total. The summed E-state index contributed by atoms with van der Waals surface area (Å²) >= 11 is 0. The fourth-order valence-electron chi connectivity index (χ4n) is 1.06. The quantitative estimate of drug-likeness (QED) is 0.563. The molecule has 0 aliphatic heterocycles. The average molecular weight is 210 g/mol. The molecule has 0 saturated heterocycles. The molecule has 0 fully saturated rings. The van der Waals surface area contributed by atoms with Crippen molar-refractivity contribution in [1.82, 2.24) is 5.16 Å². The van der Waals surface area contributed by atoms with Crippen molar-refractivity contribution in [3.63, 3.8) is 0 Å². The molecule has 15 heavy (non-hydrogen) atoms. The van der Waals surface area contributed by atoms with E-state index in [9.17, 15) is 4.79 Å². The molecular formula is C10H14N2O3. The maximum absolute atomic E-state index is 11.1. The summed E-state index contributed by atoms with van der Waals surface area (Å²) in [6, 6.07) is 1.70. The highest BCUT2D eigenvalue weighted by Crippen LogP contribution is 2.11. The van der Waals surface area contributed by atoms with Gasteiger partial charge in [-0.25, -0.2) is 4.99 Å². The first-order valence-electron chi connectivity index (χ1n) is 4.75. The summed E-state index contributed by atoms with van der Waals surface area (Å²) in [6.45, 7) is 5.69. The number of carbonyl (C=O) groups is 1. The van der Waals surface area contributed by atoms with Gasteiger partial charge in [-0.15, -0.1) is 0 Å². The molecule has 82 valence electrons. The Kier molecular flexibility index (Phi) is 4.03. The van der Waals surface area contributed by atoms with E-state index in [1.54, 1.807) is 26.8 Å². The summed E-state index contributed by atoms with van der Waals surface area (Å²) in [4.78, 5) is 15.2. The zero-order chi connectivity index (χ0) is 11.3. The van der Waals surface area contributed by atoms with Crippen molar-refractivity contribution in [2.24, 2.45) is 4.99 Å². The molecule has 1 heterocycles. The van der Waals surface area contributed by atoms with E-state index in [1.165, 1.54) is 0 Å². The molecule has 0 spiro atoms. The van der Waals surface area contributed by atoms with E-state index in [1.807, 2.05) is 0 Å². The van der Waals surface area contributed by atoms with E-state index in [4.69, 9.17) is 9.26 Å². The summed E-state index contributed by atoms with van der Waals surface area (Å²) < 4.78 is 9.64. The number of aliphatic imine (C=N–C) groups is 1. The third kappa shape index (κ3) is 3.93. The van der Waals surface area contributed by atoms with Crippen molar-refractivity contribution < 1.29 is 14.1 Å². The molecule has 0 aromatic carbocycles. The number of ether oxygens (including phenoxy) is 1. The second kappa shape index (κ2) is 5.29. The summed E-state index contributed by atoms with van der Waals surface area (Å²) in [5.74, 6) is 0.894. The number of nitrogens with zero attached hydrogens (tertiary/aromatic N) is 2. The normalized spacial score (nSPS) is 11.5. The zero-order valence-electron chi connectivity index (χ0n) is 9.11. The topological polar surface area (TPSA) is 64.7 Å². The molecule has 0 saturated carbocycles. The van der Waals surface area contributed by atoms with Gasteiger partial charge < -0.3 is 9.26 Å². The van der Waals surface area contributed by atoms with Gasteiger partial charge in [0.2, 0.25) is 0 Å². The highest BCUT2D eigenvalue weighted by atomic mass is 16.5. The molecule has 0 atom stereocenters. The smallest absolute Gasteiger partial charge is 0.311 e. The van der Waals surface area contributed by atoms with Crippen LogP contribution in [0.2, 0.25) is 0 Å². The Balaban J connectivity index is 2.56. The highest BCUT2D eigenvalue weighted by Gasteiger charge is 2.05. The van der Waals surface area contributed by atoms with Crippen LogP contribution in [0.25, 0.3) is 0 Å². The van der Waals surface area contributed by atoms with Gasteiger partial charge in [0.1, 0.15) is 5.76 Å². The number of carbonyl (C=O) groups excluding carboxylic acids is 1. The second-order valence-electron chi connectivity index (χ2n) is 3.12. The van der Waals surface area contributed by atoms with Gasteiger partial charge in [0, 0.05) is 11.8 Å². The molecule has 0 bridgehead atoms. The van der Waals surface area contributed by atoms with Gasteiger partial charge >= 0.3 is 5.97 Å². The third-order valence-corrected chi connectivity index (χ3v) is 1.63. The minimum Gasteiger partial charge on any atom is -0.466 e. The van der Waals surface area contributed by atoms with Gasteiger partial charge in [0.05, 0.1) is 13.0 Å². The Labute approximate surface area is 88.1 Å². The number of hydrogen-bond donors (Lipinski definition) is 0. The zero-order valence-corrected chi connectivity index (χ0v) is 9.11. The number of esters is 1. The minimum absolute atomic E-state index is 0.180. The first-order chi connectivity index (χ1) is 7.11. The van der Waals surface area contributed by atoms with Gasteiger partial charge in [-0.05, 0) is 20.8 Å². The predicted octanol–water partition coefficient (Wildman–Crippen LogP) is 2.03. The lowest BCUT2D eigenvalue weighted by Crippen LogP contribution is -2.08. The average Bonchev–Trinajstić information content (AvgIpc) is 2.51. The van der Waals surface area contributed by atoms with Gasteiger partial charge in [-0.1, -0.05) is 5.16 Å². The largest absolute Gasteiger partial charge is 0.466 e. The van der Waals surface area contributed by atoms with E-state index in [0.717, 1.165) is 0 Å². The lowest BCUT2D eigenvalue weighted by Gasteiger charge is -1.99. The Morgan fingerprint density at radius 1 is 1.67 bits per heavy atom. The summed E-state index contributed by atoms with van der Waals surface area (Å²) in [6.07, 6.45) is 0.180. The molecule has 0 radical (unpaired) electrons. The Morgan fingerprint density at radius 3 is 2.93 bits per heavy atom. The van der Waals surface area contributed by atoms with Crippen LogP contribution in [0.15, 0.2) is 15.6 Å². The number of aromatic nitrogens is 1. The monoisotopic (exact) mass is 210 g/mol. The van der Waals surface area contributed by atoms with Crippen LogP contribution in [-0.4, -0.2) is 23.4 Å². The minimum atomic E-state index is -0.279. The molecule has 1 aromatic heterocycles. The van der Waals surface area contributed by atoms with E-state index in [-0.39, 0.29) is 12.4 Å². The summed E-state index contributed by atoms with van der Waals surface area (Å²) in [5, 5.41) is 3.69. The van der Waals surface area contributed by atoms with Crippen molar-refractivity contribution in [2.75, 3.05) is 6.61 Å². The van der Waals surface area contributed by atoms with Gasteiger partial charge in [0.25, 0.3) is 0 Å². The van der Waals surface area contributed by atoms with Crippen molar-refractivity contribution in [3.8, 4) is 0 Å². The van der Waals surface area contributed by atoms with Crippen LogP contribution >= 0.6 is 0 Å². The summed E-state index contributed by atoms with van der Waals surface area (Å²) in [5.41, 5.74) is 0.654. The van der Waals surface area contributed by atoms with E-state index in [2.05, 4.69) is 10.1 Å². The van der Waals surface area contributed by atoms with Crippen LogP contribution in [0, 0.1) is 6.92 Å². The molecule has 0 amide bonds. The van der Waals surface area contributed by atoms with Crippen LogP contribution in [0.5, 0.6) is 0 Å². The molecule has 0 N–H and O–H groups in total. The maximum atomic E-state index is 11.1. The molecule has 0 aliphatic rings.